The van der Waals surface area contributed by atoms with Crippen LogP contribution in [-0.4, -0.2) is 38.1 Å². The van der Waals surface area contributed by atoms with Crippen LogP contribution in [-0.2, 0) is 4.79 Å². The molecule has 0 atom stereocenters. The summed E-state index contributed by atoms with van der Waals surface area (Å²) in [5, 5.41) is 5.69. The Morgan fingerprint density at radius 1 is 1.43 bits per heavy atom. The van der Waals surface area contributed by atoms with Gasteiger partial charge in [-0.15, -0.1) is 11.6 Å². The normalized spacial score (nSPS) is 16.3. The predicted octanol–water partition coefficient (Wildman–Crippen LogP) is 2.64. The Labute approximate surface area is 132 Å². The van der Waals surface area contributed by atoms with E-state index in [1.807, 2.05) is 19.1 Å². The van der Waals surface area contributed by atoms with Crippen LogP contribution in [0.15, 0.2) is 33.9 Å². The number of amides is 1. The minimum Gasteiger partial charge on any atom is -0.367 e. The van der Waals surface area contributed by atoms with Gasteiger partial charge in [-0.05, 0) is 26.5 Å². The zero-order valence-electron chi connectivity index (χ0n) is 12.8. The van der Waals surface area contributed by atoms with Gasteiger partial charge < -0.3 is 10.6 Å². The average molecular weight is 313 g/mol. The van der Waals surface area contributed by atoms with Gasteiger partial charge in [-0.3, -0.25) is 14.8 Å². The second-order valence-corrected chi connectivity index (χ2v) is 4.66. The first kappa shape index (κ1) is 19.4. The third-order valence-corrected chi connectivity index (χ3v) is 3.00. The summed E-state index contributed by atoms with van der Waals surface area (Å²) >= 11 is 5.70. The Kier molecular flexibility index (Phi) is 12.3. The number of hydrogen-bond acceptors (Lipinski definition) is 3. The maximum absolute atomic E-state index is 9.06. The summed E-state index contributed by atoms with van der Waals surface area (Å²) in [5.41, 5.74) is 0.926. The van der Waals surface area contributed by atoms with Gasteiger partial charge in [0.2, 0.25) is 6.41 Å². The van der Waals surface area contributed by atoms with Gasteiger partial charge in [-0.2, -0.15) is 0 Å². The molecule has 1 fully saturated rings. The molecule has 1 aliphatic rings. The Hall–Kier alpha value is -1.62. The van der Waals surface area contributed by atoms with Crippen LogP contribution in [0.1, 0.15) is 32.6 Å². The highest BCUT2D eigenvalue weighted by atomic mass is 35.5. The van der Waals surface area contributed by atoms with Crippen LogP contribution >= 0.6 is 11.6 Å². The van der Waals surface area contributed by atoms with Crippen molar-refractivity contribution in [2.24, 2.45) is 9.98 Å². The number of nitrogens with one attached hydrogen (secondary N) is 2. The second-order valence-electron chi connectivity index (χ2n) is 4.43. The summed E-state index contributed by atoms with van der Waals surface area (Å²) in [6, 6.07) is 0.761. The molecule has 0 spiro atoms. The van der Waals surface area contributed by atoms with Crippen molar-refractivity contribution in [3.63, 3.8) is 0 Å². The van der Waals surface area contributed by atoms with Crippen molar-refractivity contribution in [2.45, 2.75) is 38.6 Å². The highest BCUT2D eigenvalue weighted by Gasteiger charge is 2.17. The lowest BCUT2D eigenvalue weighted by atomic mass is 10.2. The molecule has 6 heteroatoms. The van der Waals surface area contributed by atoms with Gasteiger partial charge in [0, 0.05) is 24.9 Å². The molecule has 2 N–H and O–H groups in total. The molecule has 0 heterocycles. The zero-order valence-corrected chi connectivity index (χ0v) is 13.6. The standard InChI is InChI=1S/C13H20ClN3.C2H5NO/c1-3-6-11(9-15-2)13(16-10-14)17-12-7-4-5-8-12;1-3-2-4/h3,6,9,12H,2,4-5,7-8,10H2,1H3,(H,16,17);2H,1H3,(H,3,4)/b6-3+,11-9-;. The molecule has 0 aromatic carbocycles. The monoisotopic (exact) mass is 312 g/mol. The average Bonchev–Trinajstić information content (AvgIpc) is 3.00. The molecule has 5 nitrogen and oxygen atoms in total. The summed E-state index contributed by atoms with van der Waals surface area (Å²) in [6.07, 6.45) is 11.2. The van der Waals surface area contributed by atoms with Crippen molar-refractivity contribution in [3.8, 4) is 0 Å². The van der Waals surface area contributed by atoms with Crippen molar-refractivity contribution in [1.29, 1.82) is 0 Å². The van der Waals surface area contributed by atoms with Gasteiger partial charge >= 0.3 is 0 Å². The van der Waals surface area contributed by atoms with Gasteiger partial charge in [-0.1, -0.05) is 25.0 Å². The van der Waals surface area contributed by atoms with E-state index in [-0.39, 0.29) is 6.00 Å². The first-order chi connectivity index (χ1) is 10.2. The first-order valence-electron chi connectivity index (χ1n) is 7.00. The van der Waals surface area contributed by atoms with Gasteiger partial charge in [0.1, 0.15) is 11.8 Å². The molecule has 1 saturated carbocycles. The zero-order chi connectivity index (χ0) is 15.9. The summed E-state index contributed by atoms with van der Waals surface area (Å²) in [6.45, 7) is 5.44. The van der Waals surface area contributed by atoms with E-state index in [2.05, 4.69) is 27.3 Å². The van der Waals surface area contributed by atoms with Crippen LogP contribution in [0, 0.1) is 0 Å². The molecule has 21 heavy (non-hydrogen) atoms. The summed E-state index contributed by atoms with van der Waals surface area (Å²) in [7, 11) is 1.56. The molecular formula is C15H25ClN4O. The van der Waals surface area contributed by atoms with E-state index in [1.165, 1.54) is 25.7 Å². The van der Waals surface area contributed by atoms with Crippen LogP contribution in [0.4, 0.5) is 0 Å². The van der Waals surface area contributed by atoms with E-state index in [1.54, 1.807) is 13.2 Å². The number of allylic oxidation sites excluding steroid dienone is 1. The highest BCUT2D eigenvalue weighted by molar-refractivity contribution is 6.18. The molecule has 0 bridgehead atoms. The Balaban J connectivity index is 0.000000885. The number of carbonyl (C=O) groups is 1. The number of carbonyl (C=O) groups excluding carboxylic acids is 1. The summed E-state index contributed by atoms with van der Waals surface area (Å²) in [5.74, 6) is 0.817. The lowest BCUT2D eigenvalue weighted by molar-refractivity contribution is -0.109. The van der Waals surface area contributed by atoms with E-state index < -0.39 is 0 Å². The maximum atomic E-state index is 9.06. The quantitative estimate of drug-likeness (QED) is 0.198. The Morgan fingerprint density at radius 3 is 2.48 bits per heavy atom. The molecule has 0 aromatic heterocycles. The van der Waals surface area contributed by atoms with Gasteiger partial charge in [0.15, 0.2) is 0 Å². The van der Waals surface area contributed by atoms with Crippen LogP contribution in [0.5, 0.6) is 0 Å². The Bertz CT molecular complexity index is 385. The highest BCUT2D eigenvalue weighted by Crippen LogP contribution is 2.18. The van der Waals surface area contributed by atoms with Gasteiger partial charge in [0.25, 0.3) is 0 Å². The lowest BCUT2D eigenvalue weighted by Gasteiger charge is -2.16. The van der Waals surface area contributed by atoms with E-state index in [9.17, 15) is 0 Å². The molecule has 0 unspecified atom stereocenters. The number of halogens is 1. The van der Waals surface area contributed by atoms with E-state index in [4.69, 9.17) is 16.4 Å². The summed E-state index contributed by atoms with van der Waals surface area (Å²) in [4.78, 5) is 17.2. The SMILES string of the molecule is C=N/C=C(/C=C/C)C(=N/CCl)\NC1CCCC1.CNC=O. The van der Waals surface area contributed by atoms with Crippen LogP contribution in [0.25, 0.3) is 0 Å². The molecule has 1 rings (SSSR count). The minimum atomic E-state index is 0.251. The Morgan fingerprint density at radius 2 is 2.05 bits per heavy atom. The van der Waals surface area contributed by atoms with E-state index in [0.717, 1.165) is 11.4 Å². The molecule has 0 radical (unpaired) electrons. The van der Waals surface area contributed by atoms with Crippen molar-refractivity contribution in [3.05, 3.63) is 23.9 Å². The molecule has 1 aliphatic carbocycles. The molecular weight excluding hydrogens is 288 g/mol. The number of amidine groups is 1. The molecule has 118 valence electrons. The largest absolute Gasteiger partial charge is 0.367 e. The topological polar surface area (TPSA) is 65.8 Å². The van der Waals surface area contributed by atoms with Gasteiger partial charge in [-0.25, -0.2) is 0 Å². The molecule has 0 aromatic rings. The van der Waals surface area contributed by atoms with E-state index in [0.29, 0.717) is 12.5 Å². The van der Waals surface area contributed by atoms with Crippen LogP contribution in [0.2, 0.25) is 0 Å². The van der Waals surface area contributed by atoms with Crippen LogP contribution < -0.4 is 10.6 Å². The smallest absolute Gasteiger partial charge is 0.206 e. The maximum Gasteiger partial charge on any atom is 0.206 e. The molecule has 0 aliphatic heterocycles. The fourth-order valence-electron chi connectivity index (χ4n) is 2.00. The van der Waals surface area contributed by atoms with E-state index >= 15 is 0 Å². The number of alkyl halides is 1. The van der Waals surface area contributed by atoms with Crippen LogP contribution in [0.3, 0.4) is 0 Å². The third-order valence-electron chi connectivity index (χ3n) is 2.88. The van der Waals surface area contributed by atoms with Crippen molar-refractivity contribution >= 4 is 30.6 Å². The lowest BCUT2D eigenvalue weighted by Crippen LogP contribution is -2.33. The first-order valence-corrected chi connectivity index (χ1v) is 7.53. The second kappa shape index (κ2) is 13.4. The summed E-state index contributed by atoms with van der Waals surface area (Å²) < 4.78 is 0. The number of nitrogens with zero attached hydrogens (tertiary/aromatic N) is 2. The molecule has 1 amide bonds. The van der Waals surface area contributed by atoms with Crippen molar-refractivity contribution in [2.75, 3.05) is 13.1 Å². The predicted molar refractivity (Wildman–Crippen MR) is 91.1 cm³/mol. The number of rotatable bonds is 6. The minimum absolute atomic E-state index is 0.251. The third kappa shape index (κ3) is 9.02. The van der Waals surface area contributed by atoms with Crippen molar-refractivity contribution < 1.29 is 4.79 Å². The van der Waals surface area contributed by atoms with Gasteiger partial charge in [0.05, 0.1) is 0 Å². The number of hydrogen-bond donors (Lipinski definition) is 2. The van der Waals surface area contributed by atoms with Crippen molar-refractivity contribution in [1.82, 2.24) is 10.6 Å². The number of aliphatic imine (C=N–C) groups is 2. The fraction of sp³-hybridized carbons (Fsp3) is 0.533. The fourth-order valence-corrected chi connectivity index (χ4v) is 2.12. The molecule has 0 saturated heterocycles.